The van der Waals surface area contributed by atoms with Crippen LogP contribution < -0.4 is 0 Å². The smallest absolute Gasteiger partial charge is 0.296 e. The average Bonchev–Trinajstić information content (AvgIpc) is 3.05. The van der Waals surface area contributed by atoms with E-state index in [9.17, 15) is 13.0 Å². The zero-order valence-electron chi connectivity index (χ0n) is 13.2. The summed E-state index contributed by atoms with van der Waals surface area (Å²) >= 11 is 0. The first-order valence-corrected chi connectivity index (χ1v) is 9.00. The second-order valence-electron chi connectivity index (χ2n) is 5.20. The van der Waals surface area contributed by atoms with E-state index in [1.807, 2.05) is 66.7 Å². The van der Waals surface area contributed by atoms with Crippen molar-refractivity contribution in [2.24, 2.45) is 0 Å². The minimum absolute atomic E-state index is 0.139. The summed E-state index contributed by atoms with van der Waals surface area (Å²) in [6.45, 7) is 0. The van der Waals surface area contributed by atoms with Crippen LogP contribution in [0.4, 0.5) is 0 Å². The van der Waals surface area contributed by atoms with Gasteiger partial charge < -0.3 is 0 Å². The standard InChI is InChI=1S/C13H10N2O3S.C6H6/c16-19(17,18)12-9-15(10-5-2-1-3-6-10)13-11(12)7-4-8-14-13;1-2-4-6-5-3-1/h1-9H,(H,16,17,18);1-6H. The summed E-state index contributed by atoms with van der Waals surface area (Å²) in [4.78, 5) is 4.04. The van der Waals surface area contributed by atoms with Gasteiger partial charge in [0.05, 0.1) is 0 Å². The lowest BCUT2D eigenvalue weighted by Crippen LogP contribution is -1.96. The highest BCUT2D eigenvalue weighted by Gasteiger charge is 2.19. The minimum Gasteiger partial charge on any atom is -0.300 e. The molecule has 2 heterocycles. The molecule has 0 atom stereocenters. The van der Waals surface area contributed by atoms with Gasteiger partial charge in [0, 0.05) is 23.5 Å². The minimum atomic E-state index is -4.28. The van der Waals surface area contributed by atoms with Crippen molar-refractivity contribution < 1.29 is 13.0 Å². The van der Waals surface area contributed by atoms with Gasteiger partial charge in [0.1, 0.15) is 10.5 Å². The Hall–Kier alpha value is -2.96. The Labute approximate surface area is 146 Å². The van der Waals surface area contributed by atoms with Gasteiger partial charge in [-0.15, -0.1) is 0 Å². The molecule has 0 fully saturated rings. The molecule has 2 aromatic heterocycles. The summed E-state index contributed by atoms with van der Waals surface area (Å²) in [6, 6.07) is 24.5. The summed E-state index contributed by atoms with van der Waals surface area (Å²) in [5.41, 5.74) is 1.27. The molecule has 5 nitrogen and oxygen atoms in total. The highest BCUT2D eigenvalue weighted by molar-refractivity contribution is 7.86. The number of hydrogen-bond acceptors (Lipinski definition) is 3. The van der Waals surface area contributed by atoms with Gasteiger partial charge in [0.15, 0.2) is 0 Å². The number of benzene rings is 2. The Morgan fingerprint density at radius 1 is 0.800 bits per heavy atom. The third kappa shape index (κ3) is 3.93. The van der Waals surface area contributed by atoms with E-state index in [4.69, 9.17) is 0 Å². The lowest BCUT2D eigenvalue weighted by Gasteiger charge is -2.02. The number of nitrogens with zero attached hydrogens (tertiary/aromatic N) is 2. The van der Waals surface area contributed by atoms with E-state index in [1.54, 1.807) is 22.9 Å². The van der Waals surface area contributed by atoms with Crippen LogP contribution in [0.1, 0.15) is 0 Å². The van der Waals surface area contributed by atoms with Crippen molar-refractivity contribution in [3.05, 3.63) is 91.3 Å². The molecule has 0 amide bonds. The largest absolute Gasteiger partial charge is 0.300 e. The van der Waals surface area contributed by atoms with E-state index in [0.717, 1.165) is 5.69 Å². The molecule has 4 rings (SSSR count). The van der Waals surface area contributed by atoms with Crippen LogP contribution in [-0.4, -0.2) is 22.5 Å². The quantitative estimate of drug-likeness (QED) is 0.554. The highest BCUT2D eigenvalue weighted by Crippen LogP contribution is 2.26. The first-order valence-electron chi connectivity index (χ1n) is 7.56. The molecule has 2 aromatic carbocycles. The van der Waals surface area contributed by atoms with E-state index in [2.05, 4.69) is 4.98 Å². The molecule has 0 spiro atoms. The molecule has 0 saturated heterocycles. The third-order valence-corrected chi connectivity index (χ3v) is 4.39. The second kappa shape index (κ2) is 7.29. The van der Waals surface area contributed by atoms with Crippen molar-refractivity contribution in [2.75, 3.05) is 0 Å². The Balaban J connectivity index is 0.000000258. The number of aromatic nitrogens is 2. The molecule has 25 heavy (non-hydrogen) atoms. The van der Waals surface area contributed by atoms with E-state index >= 15 is 0 Å². The number of pyridine rings is 1. The predicted octanol–water partition coefficient (Wildman–Crippen LogP) is 3.96. The molecule has 0 bridgehead atoms. The van der Waals surface area contributed by atoms with E-state index in [1.165, 1.54) is 6.20 Å². The molecular weight excluding hydrogens is 336 g/mol. The Kier molecular flexibility index (Phi) is 4.92. The molecule has 1 N–H and O–H groups in total. The van der Waals surface area contributed by atoms with E-state index in [0.29, 0.717) is 11.0 Å². The fourth-order valence-electron chi connectivity index (χ4n) is 2.41. The molecule has 0 aliphatic heterocycles. The molecule has 0 unspecified atom stereocenters. The summed E-state index contributed by atoms with van der Waals surface area (Å²) in [5, 5.41) is 0.397. The molecule has 0 radical (unpaired) electrons. The van der Waals surface area contributed by atoms with Gasteiger partial charge in [-0.3, -0.25) is 9.12 Å². The van der Waals surface area contributed by atoms with Gasteiger partial charge in [0.2, 0.25) is 0 Å². The maximum absolute atomic E-state index is 11.4. The van der Waals surface area contributed by atoms with Crippen LogP contribution in [0.5, 0.6) is 0 Å². The first-order chi connectivity index (χ1) is 12.1. The molecule has 0 aliphatic carbocycles. The second-order valence-corrected chi connectivity index (χ2v) is 6.59. The maximum Gasteiger partial charge on any atom is 0.296 e. The van der Waals surface area contributed by atoms with Crippen molar-refractivity contribution in [3.63, 3.8) is 0 Å². The number of para-hydroxylation sites is 1. The lowest BCUT2D eigenvalue weighted by molar-refractivity contribution is 0.484. The SMILES string of the molecule is O=S(=O)(O)c1cn(-c2ccccc2)c2ncccc12.c1ccccc1. The molecule has 4 aromatic rings. The van der Waals surface area contributed by atoms with Crippen LogP contribution >= 0.6 is 0 Å². The average molecular weight is 352 g/mol. The summed E-state index contributed by atoms with van der Waals surface area (Å²) in [7, 11) is -4.28. The fourth-order valence-corrected chi connectivity index (χ4v) is 3.08. The van der Waals surface area contributed by atoms with Crippen molar-refractivity contribution in [2.45, 2.75) is 4.90 Å². The summed E-state index contributed by atoms with van der Waals surface area (Å²) in [6.07, 6.45) is 2.96. The number of fused-ring (bicyclic) bond motifs is 1. The van der Waals surface area contributed by atoms with Crippen molar-refractivity contribution >= 4 is 21.2 Å². The third-order valence-electron chi connectivity index (χ3n) is 3.51. The zero-order valence-corrected chi connectivity index (χ0v) is 14.0. The molecule has 6 heteroatoms. The zero-order chi connectivity index (χ0) is 17.7. The molecule has 126 valence electrons. The van der Waals surface area contributed by atoms with Crippen LogP contribution in [0.15, 0.2) is 96.2 Å². The normalized spacial score (nSPS) is 10.9. The van der Waals surface area contributed by atoms with E-state index in [-0.39, 0.29) is 4.90 Å². The topological polar surface area (TPSA) is 72.2 Å². The number of hydrogen-bond donors (Lipinski definition) is 1. The van der Waals surface area contributed by atoms with E-state index < -0.39 is 10.1 Å². The van der Waals surface area contributed by atoms with Crippen LogP contribution in [0, 0.1) is 0 Å². The van der Waals surface area contributed by atoms with Gasteiger partial charge >= 0.3 is 0 Å². The van der Waals surface area contributed by atoms with Gasteiger partial charge in [-0.2, -0.15) is 8.42 Å². The maximum atomic E-state index is 11.4. The Morgan fingerprint density at radius 3 is 1.92 bits per heavy atom. The van der Waals surface area contributed by atoms with Crippen molar-refractivity contribution in [1.82, 2.24) is 9.55 Å². The first kappa shape index (κ1) is 16.9. The van der Waals surface area contributed by atoms with Gasteiger partial charge in [0.25, 0.3) is 10.1 Å². The molecule has 0 aliphatic rings. The van der Waals surface area contributed by atoms with Gasteiger partial charge in [-0.1, -0.05) is 54.6 Å². The summed E-state index contributed by atoms with van der Waals surface area (Å²) in [5.74, 6) is 0. The number of rotatable bonds is 2. The van der Waals surface area contributed by atoms with Crippen molar-refractivity contribution in [1.29, 1.82) is 0 Å². The Morgan fingerprint density at radius 2 is 1.36 bits per heavy atom. The Bertz CT molecular complexity index is 1030. The monoisotopic (exact) mass is 352 g/mol. The van der Waals surface area contributed by atoms with Crippen LogP contribution in [0.3, 0.4) is 0 Å². The van der Waals surface area contributed by atoms with Gasteiger partial charge in [-0.05, 0) is 24.3 Å². The van der Waals surface area contributed by atoms with Gasteiger partial charge in [-0.25, -0.2) is 4.98 Å². The predicted molar refractivity (Wildman–Crippen MR) is 97.3 cm³/mol. The van der Waals surface area contributed by atoms with Crippen molar-refractivity contribution in [3.8, 4) is 5.69 Å². The molecular formula is C19H16N2O3S. The summed E-state index contributed by atoms with van der Waals surface area (Å²) < 4.78 is 33.7. The van der Waals surface area contributed by atoms with Crippen LogP contribution in [0.2, 0.25) is 0 Å². The van der Waals surface area contributed by atoms with Crippen LogP contribution in [-0.2, 0) is 10.1 Å². The lowest BCUT2D eigenvalue weighted by atomic mass is 10.3. The fraction of sp³-hybridized carbons (Fsp3) is 0. The van der Waals surface area contributed by atoms with Crippen LogP contribution in [0.25, 0.3) is 16.7 Å². The molecule has 0 saturated carbocycles. The highest BCUT2D eigenvalue weighted by atomic mass is 32.2.